The molecule has 5 heteroatoms. The van der Waals surface area contributed by atoms with E-state index in [9.17, 15) is 9.59 Å². The van der Waals surface area contributed by atoms with E-state index in [1.807, 2.05) is 6.07 Å². The summed E-state index contributed by atoms with van der Waals surface area (Å²) >= 11 is 0. The number of Topliss-reactive ketones (excluding diaryl/α,β-unsaturated/α-hetero) is 1. The van der Waals surface area contributed by atoms with E-state index in [-0.39, 0.29) is 17.6 Å². The predicted octanol–water partition coefficient (Wildman–Crippen LogP) is 6.12. The van der Waals surface area contributed by atoms with Crippen LogP contribution in [0.3, 0.4) is 0 Å². The molecule has 1 aromatic rings. The second-order valence-electron chi connectivity index (χ2n) is 15.1. The molecule has 4 aliphatic carbocycles. The van der Waals surface area contributed by atoms with Gasteiger partial charge in [0.1, 0.15) is 5.78 Å². The lowest BCUT2D eigenvalue weighted by Gasteiger charge is -2.52. The van der Waals surface area contributed by atoms with Crippen LogP contribution in [0.25, 0.3) is 0 Å². The summed E-state index contributed by atoms with van der Waals surface area (Å²) < 4.78 is 7.16. The number of likely N-dealkylation sites (tertiary alicyclic amines) is 1. The molecule has 6 aliphatic rings. The van der Waals surface area contributed by atoms with Gasteiger partial charge in [0.25, 0.3) is 0 Å². The molecule has 3 saturated carbocycles. The second kappa shape index (κ2) is 10.6. The molecule has 0 radical (unpaired) electrons. The van der Waals surface area contributed by atoms with Crippen LogP contribution in [0, 0.1) is 35.0 Å². The van der Waals surface area contributed by atoms with Crippen LogP contribution in [-0.2, 0) is 20.7 Å². The molecule has 9 unspecified atom stereocenters. The van der Waals surface area contributed by atoms with E-state index >= 15 is 0 Å². The van der Waals surface area contributed by atoms with Crippen LogP contribution in [0.4, 0.5) is 0 Å². The SMILES string of the molecule is CC1=C2CC3C(CCC4CC(=O)CCC43C)C2CCC12CC1C(CC(C)CN1CC(=O)NCCc1ccccc1)O2. The van der Waals surface area contributed by atoms with Crippen molar-refractivity contribution in [3.63, 3.8) is 0 Å². The first-order valence-corrected chi connectivity index (χ1v) is 16.7. The maximum Gasteiger partial charge on any atom is 0.234 e. The molecule has 1 amide bonds. The Bertz CT molecular complexity index is 1210. The van der Waals surface area contributed by atoms with E-state index in [1.54, 1.807) is 11.1 Å². The first-order valence-electron chi connectivity index (χ1n) is 16.7. The van der Waals surface area contributed by atoms with Crippen LogP contribution < -0.4 is 5.32 Å². The van der Waals surface area contributed by atoms with Gasteiger partial charge in [-0.1, -0.05) is 49.8 Å². The molecule has 1 spiro atoms. The van der Waals surface area contributed by atoms with Crippen LogP contribution in [0.15, 0.2) is 41.5 Å². The highest BCUT2D eigenvalue weighted by atomic mass is 16.5. The highest BCUT2D eigenvalue weighted by molar-refractivity contribution is 5.79. The van der Waals surface area contributed by atoms with Gasteiger partial charge in [0.15, 0.2) is 0 Å². The normalized spacial score (nSPS) is 42.0. The minimum Gasteiger partial charge on any atom is -0.366 e. The minimum absolute atomic E-state index is 0.141. The number of ether oxygens (including phenoxy) is 1. The number of fused-ring (bicyclic) bond motifs is 6. The molecule has 5 nitrogen and oxygen atoms in total. The van der Waals surface area contributed by atoms with Crippen LogP contribution in [-0.4, -0.2) is 54.0 Å². The zero-order valence-corrected chi connectivity index (χ0v) is 25.5. The summed E-state index contributed by atoms with van der Waals surface area (Å²) in [5.41, 5.74) is 4.72. The maximum absolute atomic E-state index is 13.1. The Hall–Kier alpha value is -1.98. The number of nitrogens with zero attached hydrogens (tertiary/aromatic N) is 1. The number of ketones is 1. The Morgan fingerprint density at radius 3 is 2.78 bits per heavy atom. The summed E-state index contributed by atoms with van der Waals surface area (Å²) in [5, 5.41) is 3.19. The predicted molar refractivity (Wildman–Crippen MR) is 161 cm³/mol. The van der Waals surface area contributed by atoms with E-state index in [2.05, 4.69) is 55.3 Å². The number of nitrogens with one attached hydrogen (secondary N) is 1. The zero-order chi connectivity index (χ0) is 28.4. The fourth-order valence-electron chi connectivity index (χ4n) is 10.7. The maximum atomic E-state index is 13.1. The first-order chi connectivity index (χ1) is 19.8. The second-order valence-corrected chi connectivity index (χ2v) is 15.1. The number of piperidine rings is 1. The van der Waals surface area contributed by atoms with Gasteiger partial charge in [0.2, 0.25) is 5.91 Å². The van der Waals surface area contributed by atoms with Crippen molar-refractivity contribution in [1.82, 2.24) is 10.2 Å². The molecule has 0 bridgehead atoms. The van der Waals surface area contributed by atoms with Crippen LogP contribution >= 0.6 is 0 Å². The molecular weight excluding hydrogens is 508 g/mol. The summed E-state index contributed by atoms with van der Waals surface area (Å²) in [6.07, 6.45) is 12.1. The zero-order valence-electron chi connectivity index (χ0n) is 25.5. The molecule has 5 fully saturated rings. The molecule has 1 N–H and O–H groups in total. The van der Waals surface area contributed by atoms with Crippen LogP contribution in [0.1, 0.15) is 90.5 Å². The van der Waals surface area contributed by atoms with E-state index < -0.39 is 0 Å². The van der Waals surface area contributed by atoms with Gasteiger partial charge in [-0.2, -0.15) is 0 Å². The molecule has 0 aromatic heterocycles. The van der Waals surface area contributed by atoms with Crippen LogP contribution in [0.2, 0.25) is 0 Å². The molecule has 222 valence electrons. The molecule has 7 rings (SSSR count). The highest BCUT2D eigenvalue weighted by Gasteiger charge is 2.60. The fourth-order valence-corrected chi connectivity index (χ4v) is 10.7. The van der Waals surface area contributed by atoms with Crippen molar-refractivity contribution >= 4 is 11.7 Å². The summed E-state index contributed by atoms with van der Waals surface area (Å²) in [4.78, 5) is 27.8. The standard InChI is InChI=1S/C36H50N2O3/c1-23-17-33-32(38(21-23)22-34(40)37-16-13-25-7-5-4-6-8-25)20-36(41-33)15-12-28-29-10-9-26-18-27(39)11-14-35(26,3)31(29)19-30(28)24(36)2/h4-8,23,26,28-29,31-33H,9-22H2,1-3H3,(H,37,40). The number of rotatable bonds is 5. The molecule has 41 heavy (non-hydrogen) atoms. The van der Waals surface area contributed by atoms with Gasteiger partial charge in [-0.3, -0.25) is 14.5 Å². The number of carbonyl (C=O) groups is 2. The number of allylic oxidation sites excluding steroid dienone is 1. The van der Waals surface area contributed by atoms with Crippen molar-refractivity contribution in [3.8, 4) is 0 Å². The molecule has 9 atom stereocenters. The first kappa shape index (κ1) is 27.8. The van der Waals surface area contributed by atoms with E-state index in [4.69, 9.17) is 4.74 Å². The van der Waals surface area contributed by atoms with Gasteiger partial charge in [0, 0.05) is 32.0 Å². The van der Waals surface area contributed by atoms with Gasteiger partial charge >= 0.3 is 0 Å². The van der Waals surface area contributed by atoms with Crippen molar-refractivity contribution in [3.05, 3.63) is 47.0 Å². The summed E-state index contributed by atoms with van der Waals surface area (Å²) in [7, 11) is 0. The Kier molecular flexibility index (Phi) is 7.21. The van der Waals surface area contributed by atoms with E-state index in [0.29, 0.717) is 42.2 Å². The number of hydrogen-bond acceptors (Lipinski definition) is 4. The monoisotopic (exact) mass is 558 g/mol. The third-order valence-electron chi connectivity index (χ3n) is 12.9. The number of amides is 1. The average molecular weight is 559 g/mol. The van der Waals surface area contributed by atoms with Gasteiger partial charge in [-0.25, -0.2) is 0 Å². The largest absolute Gasteiger partial charge is 0.366 e. The summed E-state index contributed by atoms with van der Waals surface area (Å²) in [6, 6.07) is 10.7. The highest BCUT2D eigenvalue weighted by Crippen LogP contribution is 2.65. The molecular formula is C36H50N2O3. The lowest BCUT2D eigenvalue weighted by molar-refractivity contribution is -0.130. The van der Waals surface area contributed by atoms with Gasteiger partial charge in [-0.15, -0.1) is 0 Å². The van der Waals surface area contributed by atoms with Crippen molar-refractivity contribution in [2.75, 3.05) is 19.6 Å². The van der Waals surface area contributed by atoms with E-state index in [1.165, 1.54) is 31.2 Å². The topological polar surface area (TPSA) is 58.6 Å². The summed E-state index contributed by atoms with van der Waals surface area (Å²) in [6.45, 7) is 9.40. The van der Waals surface area contributed by atoms with Crippen molar-refractivity contribution in [1.29, 1.82) is 0 Å². The lowest BCUT2D eigenvalue weighted by atomic mass is 9.52. The van der Waals surface area contributed by atoms with Gasteiger partial charge in [0.05, 0.1) is 18.2 Å². The van der Waals surface area contributed by atoms with Crippen LogP contribution in [0.5, 0.6) is 0 Å². The Balaban J connectivity index is 1.05. The number of carbonyl (C=O) groups excluding carboxylic acids is 2. The minimum atomic E-state index is -0.149. The Morgan fingerprint density at radius 1 is 1.12 bits per heavy atom. The van der Waals surface area contributed by atoms with Crippen molar-refractivity contribution < 1.29 is 14.3 Å². The quantitative estimate of drug-likeness (QED) is 0.443. The number of benzene rings is 1. The van der Waals surface area contributed by atoms with Crippen molar-refractivity contribution in [2.24, 2.45) is 35.0 Å². The van der Waals surface area contributed by atoms with E-state index in [0.717, 1.165) is 69.2 Å². The molecule has 2 aliphatic heterocycles. The Labute approximate surface area is 246 Å². The van der Waals surface area contributed by atoms with Crippen molar-refractivity contribution in [2.45, 2.75) is 109 Å². The lowest BCUT2D eigenvalue weighted by Crippen LogP contribution is -2.52. The molecule has 2 heterocycles. The smallest absolute Gasteiger partial charge is 0.234 e. The number of hydrogen-bond donors (Lipinski definition) is 1. The molecule has 2 saturated heterocycles. The summed E-state index contributed by atoms with van der Waals surface area (Å²) in [5.74, 6) is 4.03. The third kappa shape index (κ3) is 4.83. The average Bonchev–Trinajstić information content (AvgIpc) is 3.52. The molecule has 1 aromatic carbocycles. The van der Waals surface area contributed by atoms with Gasteiger partial charge < -0.3 is 10.1 Å². The van der Waals surface area contributed by atoms with Gasteiger partial charge in [-0.05, 0) is 111 Å². The third-order valence-corrected chi connectivity index (χ3v) is 12.9. The fraction of sp³-hybridized carbons (Fsp3) is 0.722. The Morgan fingerprint density at radius 2 is 1.95 bits per heavy atom.